The van der Waals surface area contributed by atoms with Gasteiger partial charge in [-0.2, -0.15) is 4.52 Å². The largest absolute Gasteiger partial charge is 0.356 e. The lowest BCUT2D eigenvalue weighted by molar-refractivity contribution is 0.592. The molecule has 32 heavy (non-hydrogen) atoms. The molecule has 0 radical (unpaired) electrons. The number of rotatable bonds is 4. The molecule has 0 aliphatic carbocycles. The maximum absolute atomic E-state index is 13.5. The lowest BCUT2D eigenvalue weighted by Crippen LogP contribution is -2.25. The number of aromatic nitrogens is 4. The van der Waals surface area contributed by atoms with E-state index in [-0.39, 0.29) is 15.6 Å². The third-order valence-electron chi connectivity index (χ3n) is 6.22. The van der Waals surface area contributed by atoms with Crippen molar-refractivity contribution in [1.29, 1.82) is 0 Å². The van der Waals surface area contributed by atoms with Crippen molar-refractivity contribution >= 4 is 32.2 Å². The molecule has 0 N–H and O–H groups in total. The van der Waals surface area contributed by atoms with Crippen LogP contribution in [0.5, 0.6) is 0 Å². The summed E-state index contributed by atoms with van der Waals surface area (Å²) in [4.78, 5) is 7.33. The smallest absolute Gasteiger partial charge is 0.229 e. The van der Waals surface area contributed by atoms with Crippen LogP contribution in [-0.2, 0) is 9.84 Å². The topological polar surface area (TPSA) is 80.5 Å². The third-order valence-corrected chi connectivity index (χ3v) is 7.89. The Kier molecular flexibility index (Phi) is 5.33. The summed E-state index contributed by atoms with van der Waals surface area (Å²) in [6, 6.07) is 14.9. The first kappa shape index (κ1) is 20.9. The van der Waals surface area contributed by atoms with Crippen LogP contribution in [-0.4, -0.2) is 41.3 Å². The van der Waals surface area contributed by atoms with Gasteiger partial charge in [-0.15, -0.1) is 5.10 Å². The summed E-state index contributed by atoms with van der Waals surface area (Å²) in [5, 5.41) is 9.15. The first-order valence-electron chi connectivity index (χ1n) is 11.2. The van der Waals surface area contributed by atoms with Crippen molar-refractivity contribution in [3.63, 3.8) is 0 Å². The van der Waals surface area contributed by atoms with E-state index < -0.39 is 9.84 Å². The number of anilines is 1. The fraction of sp³-hybridized carbons (Fsp3) is 0.375. The first-order valence-corrected chi connectivity index (χ1v) is 12.7. The molecule has 1 saturated heterocycles. The highest BCUT2D eigenvalue weighted by Gasteiger charge is 2.28. The molecule has 0 saturated carbocycles. The van der Waals surface area contributed by atoms with E-state index in [4.69, 9.17) is 4.98 Å². The first-order chi connectivity index (χ1) is 15.5. The molecule has 1 aliphatic rings. The lowest BCUT2D eigenvalue weighted by Gasteiger charge is -2.23. The molecule has 5 rings (SSSR count). The van der Waals surface area contributed by atoms with E-state index in [0.29, 0.717) is 5.92 Å². The summed E-state index contributed by atoms with van der Waals surface area (Å²) >= 11 is 0. The van der Waals surface area contributed by atoms with E-state index in [1.165, 1.54) is 12.8 Å². The minimum atomic E-state index is -3.86. The molecule has 0 amide bonds. The predicted octanol–water partition coefficient (Wildman–Crippen LogP) is 4.61. The van der Waals surface area contributed by atoms with Crippen molar-refractivity contribution in [2.45, 2.75) is 55.4 Å². The van der Waals surface area contributed by atoms with Crippen molar-refractivity contribution in [3.05, 3.63) is 54.1 Å². The number of benzene rings is 2. The molecule has 0 atom stereocenters. The van der Waals surface area contributed by atoms with Crippen LogP contribution >= 0.6 is 0 Å². The van der Waals surface area contributed by atoms with Gasteiger partial charge in [-0.05, 0) is 48.6 Å². The summed E-state index contributed by atoms with van der Waals surface area (Å²) in [6.45, 7) is 5.98. The van der Waals surface area contributed by atoms with E-state index in [2.05, 4.69) is 29.1 Å². The molecule has 0 bridgehead atoms. The molecule has 3 heterocycles. The standard InChI is InChI=1S/C24H27N5O2S/c1-17(2)18-11-13-19(14-12-18)32(30,31)24-23-25-22(28-15-7-3-4-8-16-28)20-9-5-6-10-21(20)29(23)27-26-24/h5-6,9-14,17H,3-4,7-8,15-16H2,1-2H3. The summed E-state index contributed by atoms with van der Waals surface area (Å²) in [7, 11) is -3.86. The van der Waals surface area contributed by atoms with Crippen LogP contribution in [0.3, 0.4) is 0 Å². The van der Waals surface area contributed by atoms with E-state index in [1.54, 1.807) is 16.6 Å². The van der Waals surface area contributed by atoms with Gasteiger partial charge in [-0.3, -0.25) is 0 Å². The summed E-state index contributed by atoms with van der Waals surface area (Å²) < 4.78 is 28.5. The van der Waals surface area contributed by atoms with Gasteiger partial charge in [-0.25, -0.2) is 13.4 Å². The quantitative estimate of drug-likeness (QED) is 0.452. The third kappa shape index (κ3) is 3.52. The van der Waals surface area contributed by atoms with Gasteiger partial charge >= 0.3 is 0 Å². The van der Waals surface area contributed by atoms with E-state index in [0.717, 1.165) is 48.2 Å². The normalized spacial score (nSPS) is 15.5. The van der Waals surface area contributed by atoms with Crippen molar-refractivity contribution in [1.82, 2.24) is 19.8 Å². The SMILES string of the molecule is CC(C)c1ccc(S(=O)(=O)c2nnn3c2nc(N2CCCCCC2)c2ccccc23)cc1. The molecule has 4 aromatic rings. The van der Waals surface area contributed by atoms with Gasteiger partial charge in [0.05, 0.1) is 10.4 Å². The Morgan fingerprint density at radius 1 is 0.906 bits per heavy atom. The Morgan fingerprint density at radius 3 is 2.28 bits per heavy atom. The molecule has 8 heteroatoms. The molecule has 2 aromatic heterocycles. The van der Waals surface area contributed by atoms with Gasteiger partial charge in [0.1, 0.15) is 5.82 Å². The second kappa shape index (κ2) is 8.16. The Morgan fingerprint density at radius 2 is 1.59 bits per heavy atom. The van der Waals surface area contributed by atoms with Crippen LogP contribution < -0.4 is 4.90 Å². The highest BCUT2D eigenvalue weighted by molar-refractivity contribution is 7.91. The monoisotopic (exact) mass is 449 g/mol. The van der Waals surface area contributed by atoms with Crippen molar-refractivity contribution < 1.29 is 8.42 Å². The Labute approximate surface area is 188 Å². The van der Waals surface area contributed by atoms with Gasteiger partial charge in [0, 0.05) is 18.5 Å². The van der Waals surface area contributed by atoms with Crippen LogP contribution in [0.25, 0.3) is 16.6 Å². The summed E-state index contributed by atoms with van der Waals surface area (Å²) in [5.41, 5.74) is 2.17. The van der Waals surface area contributed by atoms with Gasteiger partial charge < -0.3 is 4.90 Å². The zero-order valence-electron chi connectivity index (χ0n) is 18.4. The maximum Gasteiger partial charge on any atom is 0.229 e. The summed E-state index contributed by atoms with van der Waals surface area (Å²) in [5.74, 6) is 1.13. The number of sulfone groups is 1. The van der Waals surface area contributed by atoms with E-state index in [1.807, 2.05) is 36.4 Å². The van der Waals surface area contributed by atoms with Crippen LogP contribution in [0.4, 0.5) is 5.82 Å². The fourth-order valence-electron chi connectivity index (χ4n) is 4.37. The van der Waals surface area contributed by atoms with Gasteiger partial charge in [0.15, 0.2) is 5.65 Å². The molecule has 1 aliphatic heterocycles. The molecular formula is C24H27N5O2S. The molecular weight excluding hydrogens is 422 g/mol. The Hall–Kier alpha value is -3.00. The average molecular weight is 450 g/mol. The zero-order valence-corrected chi connectivity index (χ0v) is 19.2. The lowest BCUT2D eigenvalue weighted by atomic mass is 10.0. The Bertz CT molecular complexity index is 1370. The van der Waals surface area contributed by atoms with E-state index >= 15 is 0 Å². The minimum Gasteiger partial charge on any atom is -0.356 e. The van der Waals surface area contributed by atoms with Gasteiger partial charge in [-0.1, -0.05) is 56.2 Å². The second-order valence-corrected chi connectivity index (χ2v) is 10.6. The molecule has 166 valence electrons. The molecule has 7 nitrogen and oxygen atoms in total. The van der Waals surface area contributed by atoms with Gasteiger partial charge in [0.2, 0.25) is 14.9 Å². The minimum absolute atomic E-state index is 0.100. The number of para-hydroxylation sites is 1. The average Bonchev–Trinajstić information content (AvgIpc) is 3.06. The van der Waals surface area contributed by atoms with Crippen molar-refractivity contribution in [3.8, 4) is 0 Å². The van der Waals surface area contributed by atoms with E-state index in [9.17, 15) is 8.42 Å². The molecule has 0 spiro atoms. The van der Waals surface area contributed by atoms with Crippen LogP contribution in [0.15, 0.2) is 58.5 Å². The van der Waals surface area contributed by atoms with Crippen molar-refractivity contribution in [2.75, 3.05) is 18.0 Å². The molecule has 2 aromatic carbocycles. The highest BCUT2D eigenvalue weighted by Crippen LogP contribution is 2.31. The zero-order chi connectivity index (χ0) is 22.3. The summed E-state index contributed by atoms with van der Waals surface area (Å²) in [6.07, 6.45) is 4.62. The Balaban J connectivity index is 1.69. The van der Waals surface area contributed by atoms with Crippen LogP contribution in [0.2, 0.25) is 0 Å². The highest BCUT2D eigenvalue weighted by atomic mass is 32.2. The number of hydrogen-bond donors (Lipinski definition) is 0. The van der Waals surface area contributed by atoms with Crippen LogP contribution in [0.1, 0.15) is 51.0 Å². The van der Waals surface area contributed by atoms with Crippen molar-refractivity contribution in [2.24, 2.45) is 0 Å². The maximum atomic E-state index is 13.5. The molecule has 0 unspecified atom stereocenters. The number of fused-ring (bicyclic) bond motifs is 3. The van der Waals surface area contributed by atoms with Crippen LogP contribution in [0, 0.1) is 0 Å². The fourth-order valence-corrected chi connectivity index (χ4v) is 5.60. The number of nitrogens with zero attached hydrogens (tertiary/aromatic N) is 5. The second-order valence-electron chi connectivity index (χ2n) is 8.71. The number of hydrogen-bond acceptors (Lipinski definition) is 6. The van der Waals surface area contributed by atoms with Gasteiger partial charge in [0.25, 0.3) is 0 Å². The predicted molar refractivity (Wildman–Crippen MR) is 125 cm³/mol. The molecule has 1 fully saturated rings.